The molecule has 0 radical (unpaired) electrons. The Bertz CT molecular complexity index is 953. The number of aromatic nitrogens is 1. The minimum Gasteiger partial charge on any atom is -0.355 e. The van der Waals surface area contributed by atoms with Crippen molar-refractivity contribution in [1.82, 2.24) is 5.16 Å². The fourth-order valence-electron chi connectivity index (χ4n) is 1.97. The molecule has 0 bridgehead atoms. The Kier molecular flexibility index (Phi) is 4.26. The summed E-state index contributed by atoms with van der Waals surface area (Å²) in [4.78, 5) is 1.29. The van der Waals surface area contributed by atoms with E-state index in [2.05, 4.69) is 25.8 Å². The molecule has 0 aliphatic carbocycles. The molecule has 0 amide bonds. The molecule has 0 atom stereocenters. The van der Waals surface area contributed by atoms with Gasteiger partial charge in [-0.15, -0.1) is 11.3 Å². The highest BCUT2D eigenvalue weighted by molar-refractivity contribution is 9.10. The molecule has 120 valence electrons. The summed E-state index contributed by atoms with van der Waals surface area (Å²) >= 11 is 4.39. The molecule has 0 aliphatic heterocycles. The average molecular weight is 417 g/mol. The van der Waals surface area contributed by atoms with E-state index >= 15 is 0 Å². The quantitative estimate of drug-likeness (QED) is 0.683. The van der Waals surface area contributed by atoms with Crippen LogP contribution in [0.1, 0.15) is 4.88 Å². The number of anilines is 1. The number of nitrogens with zero attached hydrogens (tertiary/aromatic N) is 1. The van der Waals surface area contributed by atoms with Crippen molar-refractivity contribution < 1.29 is 17.3 Å². The third-order valence-electron chi connectivity index (χ3n) is 3.02. The maximum Gasteiger partial charge on any atom is 0.263 e. The molecule has 0 saturated heterocycles. The molecule has 0 aliphatic rings. The van der Waals surface area contributed by atoms with Crippen LogP contribution in [0.4, 0.5) is 10.1 Å². The molecule has 5 nitrogen and oxygen atoms in total. The van der Waals surface area contributed by atoms with E-state index in [4.69, 9.17) is 4.52 Å². The molecule has 0 fully saturated rings. The lowest BCUT2D eigenvalue weighted by atomic mass is 10.3. The van der Waals surface area contributed by atoms with E-state index in [0.29, 0.717) is 20.0 Å². The number of hydrogen-bond acceptors (Lipinski definition) is 5. The van der Waals surface area contributed by atoms with Crippen LogP contribution in [0.25, 0.3) is 10.6 Å². The predicted molar refractivity (Wildman–Crippen MR) is 89.5 cm³/mol. The van der Waals surface area contributed by atoms with Gasteiger partial charge in [0.25, 0.3) is 10.0 Å². The monoisotopic (exact) mass is 416 g/mol. The summed E-state index contributed by atoms with van der Waals surface area (Å²) in [5, 5.41) is 3.60. The lowest BCUT2D eigenvalue weighted by Gasteiger charge is -2.08. The van der Waals surface area contributed by atoms with Crippen LogP contribution in [0.5, 0.6) is 0 Å². The predicted octanol–water partition coefficient (Wildman–Crippen LogP) is 4.41. The first-order valence-corrected chi connectivity index (χ1v) is 9.45. The molecule has 9 heteroatoms. The number of aryl methyl sites for hydroxylation is 1. The standard InChI is InChI=1S/C14H10BrFN2O3S2/c1-8-14(7-13(22-8)12-4-5-17-21-12)23(19,20)18-11-3-2-9(15)6-10(11)16/h2-7,18H,1H3. The second-order valence-electron chi connectivity index (χ2n) is 4.64. The van der Waals surface area contributed by atoms with Gasteiger partial charge in [0.2, 0.25) is 0 Å². The van der Waals surface area contributed by atoms with Crippen molar-refractivity contribution in [3.05, 3.63) is 51.7 Å². The van der Waals surface area contributed by atoms with Crippen molar-refractivity contribution in [2.75, 3.05) is 4.72 Å². The minimum absolute atomic E-state index is 0.0798. The number of halogens is 2. The van der Waals surface area contributed by atoms with Crippen LogP contribution in [0, 0.1) is 12.7 Å². The summed E-state index contributed by atoms with van der Waals surface area (Å²) in [5.74, 6) is -0.180. The van der Waals surface area contributed by atoms with E-state index in [1.807, 2.05) is 0 Å². The van der Waals surface area contributed by atoms with Crippen molar-refractivity contribution >= 4 is 43.0 Å². The van der Waals surface area contributed by atoms with Crippen molar-refractivity contribution in [2.45, 2.75) is 11.8 Å². The van der Waals surface area contributed by atoms with Crippen molar-refractivity contribution in [3.63, 3.8) is 0 Å². The fraction of sp³-hybridized carbons (Fsp3) is 0.0714. The molecule has 1 aromatic carbocycles. The van der Waals surface area contributed by atoms with E-state index < -0.39 is 15.8 Å². The zero-order valence-electron chi connectivity index (χ0n) is 11.7. The minimum atomic E-state index is -3.91. The lowest BCUT2D eigenvalue weighted by molar-refractivity contribution is 0.433. The van der Waals surface area contributed by atoms with E-state index in [1.54, 1.807) is 19.1 Å². The van der Waals surface area contributed by atoms with E-state index in [1.165, 1.54) is 35.7 Å². The van der Waals surface area contributed by atoms with Gasteiger partial charge in [0.1, 0.15) is 10.7 Å². The van der Waals surface area contributed by atoms with E-state index in [0.717, 1.165) is 0 Å². The van der Waals surface area contributed by atoms with Crippen LogP contribution in [0.3, 0.4) is 0 Å². The summed E-state index contributed by atoms with van der Waals surface area (Å²) in [6.07, 6.45) is 1.48. The Morgan fingerprint density at radius 3 is 2.74 bits per heavy atom. The van der Waals surface area contributed by atoms with Gasteiger partial charge in [-0.1, -0.05) is 21.1 Å². The number of sulfonamides is 1. The van der Waals surface area contributed by atoms with Gasteiger partial charge in [-0.3, -0.25) is 4.72 Å². The maximum atomic E-state index is 13.8. The topological polar surface area (TPSA) is 72.2 Å². The number of thiophene rings is 1. The molecule has 2 aromatic heterocycles. The number of rotatable bonds is 4. The highest BCUT2D eigenvalue weighted by Gasteiger charge is 2.22. The van der Waals surface area contributed by atoms with Gasteiger partial charge < -0.3 is 4.52 Å². The molecule has 0 saturated carbocycles. The highest BCUT2D eigenvalue weighted by Crippen LogP contribution is 2.34. The van der Waals surface area contributed by atoms with E-state index in [9.17, 15) is 12.8 Å². The van der Waals surface area contributed by atoms with Crippen LogP contribution in [-0.2, 0) is 10.0 Å². The van der Waals surface area contributed by atoms with Gasteiger partial charge in [0.05, 0.1) is 16.8 Å². The second kappa shape index (κ2) is 6.06. The Labute approximate surface area is 144 Å². The lowest BCUT2D eigenvalue weighted by Crippen LogP contribution is -2.14. The first-order valence-electron chi connectivity index (χ1n) is 6.36. The van der Waals surface area contributed by atoms with E-state index in [-0.39, 0.29) is 10.6 Å². The molecular weight excluding hydrogens is 407 g/mol. The maximum absolute atomic E-state index is 13.8. The van der Waals surface area contributed by atoms with Gasteiger partial charge >= 0.3 is 0 Å². The fourth-order valence-corrected chi connectivity index (χ4v) is 4.92. The number of benzene rings is 1. The summed E-state index contributed by atoms with van der Waals surface area (Å²) in [6.45, 7) is 1.68. The Morgan fingerprint density at radius 2 is 2.09 bits per heavy atom. The van der Waals surface area contributed by atoms with Crippen LogP contribution >= 0.6 is 27.3 Å². The van der Waals surface area contributed by atoms with Crippen molar-refractivity contribution in [3.8, 4) is 10.6 Å². The molecule has 0 unspecified atom stereocenters. The second-order valence-corrected chi connectivity index (χ2v) is 8.46. The highest BCUT2D eigenvalue weighted by atomic mass is 79.9. The largest absolute Gasteiger partial charge is 0.355 e. The Morgan fingerprint density at radius 1 is 1.30 bits per heavy atom. The average Bonchev–Trinajstić information content (AvgIpc) is 3.11. The molecule has 2 heterocycles. The normalized spacial score (nSPS) is 11.6. The molecular formula is C14H10BrFN2O3S2. The van der Waals surface area contributed by atoms with Gasteiger partial charge in [0.15, 0.2) is 5.76 Å². The Balaban J connectivity index is 1.97. The molecule has 0 spiro atoms. The van der Waals surface area contributed by atoms with Crippen LogP contribution in [0.15, 0.2) is 50.4 Å². The number of nitrogens with one attached hydrogen (secondary N) is 1. The van der Waals surface area contributed by atoms with Crippen molar-refractivity contribution in [2.24, 2.45) is 0 Å². The summed E-state index contributed by atoms with van der Waals surface area (Å²) in [7, 11) is -3.91. The zero-order valence-corrected chi connectivity index (χ0v) is 14.9. The Hall–Kier alpha value is -1.71. The molecule has 3 aromatic rings. The molecule has 3 rings (SSSR count). The van der Waals surface area contributed by atoms with Crippen LogP contribution in [-0.4, -0.2) is 13.6 Å². The van der Waals surface area contributed by atoms with Gasteiger partial charge in [-0.05, 0) is 31.2 Å². The van der Waals surface area contributed by atoms with Crippen LogP contribution in [0.2, 0.25) is 0 Å². The molecule has 23 heavy (non-hydrogen) atoms. The first kappa shape index (κ1) is 16.2. The van der Waals surface area contributed by atoms with Crippen molar-refractivity contribution in [1.29, 1.82) is 0 Å². The zero-order chi connectivity index (χ0) is 16.6. The molecule has 1 N–H and O–H groups in total. The third kappa shape index (κ3) is 3.31. The van der Waals surface area contributed by atoms with Gasteiger partial charge in [0, 0.05) is 15.4 Å². The SMILES string of the molecule is Cc1sc(-c2ccno2)cc1S(=O)(=O)Nc1ccc(Br)cc1F. The number of hydrogen-bond donors (Lipinski definition) is 1. The first-order chi connectivity index (χ1) is 10.9. The van der Waals surface area contributed by atoms with Gasteiger partial charge in [-0.2, -0.15) is 0 Å². The third-order valence-corrected chi connectivity index (χ3v) is 6.20. The summed E-state index contributed by atoms with van der Waals surface area (Å²) in [5.41, 5.74) is -0.111. The van der Waals surface area contributed by atoms with Crippen LogP contribution < -0.4 is 4.72 Å². The summed E-state index contributed by atoms with van der Waals surface area (Å²) in [6, 6.07) is 7.23. The summed E-state index contributed by atoms with van der Waals surface area (Å²) < 4.78 is 46.7. The smallest absolute Gasteiger partial charge is 0.263 e. The van der Waals surface area contributed by atoms with Gasteiger partial charge in [-0.25, -0.2) is 12.8 Å².